The fourth-order valence-electron chi connectivity index (χ4n) is 1.49. The number of rotatable bonds is 5. The van der Waals surface area contributed by atoms with E-state index in [1.54, 1.807) is 13.2 Å². The number of hydrogen-bond donors (Lipinski definition) is 2. The zero-order chi connectivity index (χ0) is 13.8. The van der Waals surface area contributed by atoms with Gasteiger partial charge in [-0.1, -0.05) is 0 Å². The van der Waals surface area contributed by atoms with Crippen LogP contribution < -0.4 is 10.5 Å². The van der Waals surface area contributed by atoms with Crippen molar-refractivity contribution in [3.63, 3.8) is 0 Å². The Morgan fingerprint density at radius 1 is 1.53 bits per heavy atom. The van der Waals surface area contributed by atoms with E-state index in [0.717, 1.165) is 10.9 Å². The predicted octanol–water partition coefficient (Wildman–Crippen LogP) is 1.14. The highest BCUT2D eigenvalue weighted by Gasteiger charge is 2.13. The third-order valence-corrected chi connectivity index (χ3v) is 3.65. The summed E-state index contributed by atoms with van der Waals surface area (Å²) >= 11 is 1.30. The molecule has 6 nitrogen and oxygen atoms in total. The van der Waals surface area contributed by atoms with Crippen LogP contribution in [0.25, 0.3) is 10.9 Å². The molecule has 0 spiro atoms. The number of carbonyl (C=O) groups is 1. The van der Waals surface area contributed by atoms with Gasteiger partial charge in [0.15, 0.2) is 0 Å². The molecule has 1 aromatic heterocycles. The van der Waals surface area contributed by atoms with E-state index in [1.165, 1.54) is 18.1 Å². The molecule has 0 bridgehead atoms. The summed E-state index contributed by atoms with van der Waals surface area (Å²) in [6.45, 7) is 0. The Morgan fingerprint density at radius 3 is 3.00 bits per heavy atom. The van der Waals surface area contributed by atoms with Gasteiger partial charge < -0.3 is 15.6 Å². The van der Waals surface area contributed by atoms with Crippen molar-refractivity contribution in [2.24, 2.45) is 5.73 Å². The largest absolute Gasteiger partial charge is 0.497 e. The maximum absolute atomic E-state index is 10.7. The third-order valence-electron chi connectivity index (χ3n) is 2.52. The van der Waals surface area contributed by atoms with Crippen LogP contribution in [0.4, 0.5) is 0 Å². The van der Waals surface area contributed by atoms with Crippen LogP contribution in [0.5, 0.6) is 5.75 Å². The van der Waals surface area contributed by atoms with Gasteiger partial charge in [0, 0.05) is 17.2 Å². The van der Waals surface area contributed by atoms with Crippen molar-refractivity contribution < 1.29 is 14.6 Å². The summed E-state index contributed by atoms with van der Waals surface area (Å²) in [4.78, 5) is 19.0. The van der Waals surface area contributed by atoms with E-state index < -0.39 is 12.0 Å². The second-order valence-electron chi connectivity index (χ2n) is 3.82. The highest BCUT2D eigenvalue weighted by atomic mass is 32.2. The fraction of sp³-hybridized carbons (Fsp3) is 0.250. The van der Waals surface area contributed by atoms with Crippen LogP contribution in [0.15, 0.2) is 29.6 Å². The van der Waals surface area contributed by atoms with Gasteiger partial charge in [-0.25, -0.2) is 9.97 Å². The Kier molecular flexibility index (Phi) is 4.18. The molecule has 1 aromatic carbocycles. The second kappa shape index (κ2) is 5.85. The van der Waals surface area contributed by atoms with E-state index >= 15 is 0 Å². The van der Waals surface area contributed by atoms with E-state index in [-0.39, 0.29) is 5.75 Å². The molecule has 0 aliphatic carbocycles. The van der Waals surface area contributed by atoms with Crippen LogP contribution in [0.2, 0.25) is 0 Å². The predicted molar refractivity (Wildman–Crippen MR) is 72.4 cm³/mol. The van der Waals surface area contributed by atoms with Gasteiger partial charge in [-0.2, -0.15) is 0 Å². The number of ether oxygens (including phenoxy) is 1. The lowest BCUT2D eigenvalue weighted by Crippen LogP contribution is -2.32. The van der Waals surface area contributed by atoms with Crippen molar-refractivity contribution in [1.29, 1.82) is 0 Å². The van der Waals surface area contributed by atoms with E-state index in [9.17, 15) is 4.79 Å². The normalized spacial score (nSPS) is 12.3. The van der Waals surface area contributed by atoms with Crippen molar-refractivity contribution in [1.82, 2.24) is 9.97 Å². The molecular weight excluding hydrogens is 266 g/mol. The number of methoxy groups -OCH3 is 1. The number of thioether (sulfide) groups is 1. The zero-order valence-corrected chi connectivity index (χ0v) is 11.1. The van der Waals surface area contributed by atoms with Crippen molar-refractivity contribution in [3.8, 4) is 5.75 Å². The summed E-state index contributed by atoms with van der Waals surface area (Å²) in [6, 6.07) is 4.56. The smallest absolute Gasteiger partial charge is 0.321 e. The molecule has 2 aromatic rings. The van der Waals surface area contributed by atoms with E-state index in [2.05, 4.69) is 9.97 Å². The Hall–Kier alpha value is -1.86. The fourth-order valence-corrected chi connectivity index (χ4v) is 2.42. The molecule has 2 rings (SSSR count). The zero-order valence-electron chi connectivity index (χ0n) is 10.2. The molecule has 0 fully saturated rings. The van der Waals surface area contributed by atoms with Gasteiger partial charge in [-0.3, -0.25) is 4.79 Å². The molecule has 1 atom stereocenters. The summed E-state index contributed by atoms with van der Waals surface area (Å²) < 4.78 is 5.13. The maximum atomic E-state index is 10.7. The molecular formula is C12H13N3O3S. The number of benzene rings is 1. The van der Waals surface area contributed by atoms with Crippen LogP contribution in [-0.4, -0.2) is 39.9 Å². The Balaban J connectivity index is 2.26. The van der Waals surface area contributed by atoms with Gasteiger partial charge in [0.25, 0.3) is 0 Å². The molecule has 0 aliphatic heterocycles. The molecule has 0 saturated heterocycles. The number of hydrogen-bond acceptors (Lipinski definition) is 6. The highest BCUT2D eigenvalue weighted by Crippen LogP contribution is 2.27. The Bertz CT molecular complexity index is 606. The van der Waals surface area contributed by atoms with Crippen LogP contribution in [0, 0.1) is 0 Å². The summed E-state index contributed by atoms with van der Waals surface area (Å²) in [5.74, 6) is -0.0510. The lowest BCUT2D eigenvalue weighted by molar-refractivity contribution is -0.137. The topological polar surface area (TPSA) is 98.3 Å². The molecule has 19 heavy (non-hydrogen) atoms. The van der Waals surface area contributed by atoms with E-state index in [4.69, 9.17) is 15.6 Å². The van der Waals surface area contributed by atoms with Gasteiger partial charge >= 0.3 is 5.97 Å². The van der Waals surface area contributed by atoms with Gasteiger partial charge in [0.05, 0.1) is 12.6 Å². The van der Waals surface area contributed by atoms with Gasteiger partial charge in [0.1, 0.15) is 23.1 Å². The molecule has 100 valence electrons. The quantitative estimate of drug-likeness (QED) is 0.625. The molecule has 1 heterocycles. The number of carboxylic acid groups (broad SMARTS) is 1. The first kappa shape index (κ1) is 13.6. The summed E-state index contributed by atoms with van der Waals surface area (Å²) in [6.07, 6.45) is 1.44. The molecule has 1 unspecified atom stereocenters. The molecule has 0 amide bonds. The molecule has 0 aliphatic rings. The molecule has 7 heteroatoms. The van der Waals surface area contributed by atoms with Crippen molar-refractivity contribution in [3.05, 3.63) is 24.5 Å². The summed E-state index contributed by atoms with van der Waals surface area (Å²) in [5.41, 5.74) is 6.22. The van der Waals surface area contributed by atoms with Crippen LogP contribution in [-0.2, 0) is 4.79 Å². The standard InChI is InChI=1S/C12H13N3O3S/c1-18-7-2-3-8-10(4-7)14-6-15-11(8)19-5-9(13)12(16)17/h2-4,6,9H,5,13H2,1H3,(H,16,17). The third kappa shape index (κ3) is 3.12. The number of nitrogens with zero attached hydrogens (tertiary/aromatic N) is 2. The minimum absolute atomic E-state index is 0.257. The average molecular weight is 279 g/mol. The number of aliphatic carboxylic acids is 1. The lowest BCUT2D eigenvalue weighted by Gasteiger charge is -2.08. The maximum Gasteiger partial charge on any atom is 0.321 e. The van der Waals surface area contributed by atoms with Crippen molar-refractivity contribution in [2.75, 3.05) is 12.9 Å². The minimum Gasteiger partial charge on any atom is -0.497 e. The highest BCUT2D eigenvalue weighted by molar-refractivity contribution is 7.99. The first-order chi connectivity index (χ1) is 9.11. The van der Waals surface area contributed by atoms with Crippen LogP contribution in [0.3, 0.4) is 0 Å². The first-order valence-corrected chi connectivity index (χ1v) is 6.50. The molecule has 0 radical (unpaired) electrons. The molecule has 3 N–H and O–H groups in total. The first-order valence-electron chi connectivity index (χ1n) is 5.51. The number of aromatic nitrogens is 2. The van der Waals surface area contributed by atoms with Gasteiger partial charge in [-0.05, 0) is 12.1 Å². The summed E-state index contributed by atoms with van der Waals surface area (Å²) in [7, 11) is 1.59. The van der Waals surface area contributed by atoms with E-state index in [0.29, 0.717) is 10.8 Å². The van der Waals surface area contributed by atoms with Gasteiger partial charge in [0.2, 0.25) is 0 Å². The minimum atomic E-state index is -1.02. The molecule has 0 saturated carbocycles. The second-order valence-corrected chi connectivity index (χ2v) is 4.83. The number of carboxylic acids is 1. The summed E-state index contributed by atoms with van der Waals surface area (Å²) in [5, 5.41) is 10.3. The number of fused-ring (bicyclic) bond motifs is 1. The Labute approximate surface area is 114 Å². The SMILES string of the molecule is COc1ccc2c(SCC(N)C(=O)O)ncnc2c1. The monoisotopic (exact) mass is 279 g/mol. The van der Waals surface area contributed by atoms with Gasteiger partial charge in [-0.15, -0.1) is 11.8 Å². The van der Waals surface area contributed by atoms with E-state index in [1.807, 2.05) is 12.1 Å². The van der Waals surface area contributed by atoms with Crippen LogP contribution in [0.1, 0.15) is 0 Å². The lowest BCUT2D eigenvalue weighted by atomic mass is 10.2. The number of nitrogens with two attached hydrogens (primary N) is 1. The average Bonchev–Trinajstić information content (AvgIpc) is 2.43. The Morgan fingerprint density at radius 2 is 2.32 bits per heavy atom. The van der Waals surface area contributed by atoms with Crippen LogP contribution >= 0.6 is 11.8 Å². The van der Waals surface area contributed by atoms with Crippen molar-refractivity contribution in [2.45, 2.75) is 11.1 Å². The van der Waals surface area contributed by atoms with Crippen molar-refractivity contribution >= 4 is 28.6 Å².